The van der Waals surface area contributed by atoms with Gasteiger partial charge >= 0.3 is 17.9 Å². The molecule has 0 aromatic heterocycles. The van der Waals surface area contributed by atoms with Crippen molar-refractivity contribution in [2.45, 2.75) is 19.3 Å². The summed E-state index contributed by atoms with van der Waals surface area (Å²) in [5.74, 6) is 0.0295. The Balaban J connectivity index is 5.21. The number of hydrogen-bond donors (Lipinski definition) is 0. The fourth-order valence-electron chi connectivity index (χ4n) is 1.50. The van der Waals surface area contributed by atoms with Gasteiger partial charge in [0.15, 0.2) is 5.41 Å². The van der Waals surface area contributed by atoms with Crippen molar-refractivity contribution in [3.63, 3.8) is 0 Å². The number of methoxy groups -OCH3 is 3. The van der Waals surface area contributed by atoms with E-state index < -0.39 is 23.3 Å². The quantitative estimate of drug-likeness (QED) is 0.294. The summed E-state index contributed by atoms with van der Waals surface area (Å²) in [6.07, 6.45) is 4.69. The molecule has 0 heterocycles. The Hall–Kier alpha value is -2.03. The van der Waals surface area contributed by atoms with Gasteiger partial charge in [-0.3, -0.25) is 14.4 Å². The fraction of sp³-hybridized carbons (Fsp3) is 0.583. The predicted molar refractivity (Wildman–Crippen MR) is 61.2 cm³/mol. The Kier molecular flexibility index (Phi) is 6.50. The summed E-state index contributed by atoms with van der Waals surface area (Å²) >= 11 is 0. The van der Waals surface area contributed by atoms with Crippen LogP contribution in [0.5, 0.6) is 0 Å². The molecule has 18 heavy (non-hydrogen) atoms. The van der Waals surface area contributed by atoms with E-state index in [4.69, 9.17) is 6.42 Å². The van der Waals surface area contributed by atoms with Crippen LogP contribution in [0.25, 0.3) is 0 Å². The lowest BCUT2D eigenvalue weighted by Crippen LogP contribution is -2.41. The minimum absolute atomic E-state index is 0.122. The van der Waals surface area contributed by atoms with Crippen LogP contribution in [0.1, 0.15) is 19.3 Å². The van der Waals surface area contributed by atoms with Gasteiger partial charge < -0.3 is 14.2 Å². The van der Waals surface area contributed by atoms with Crippen molar-refractivity contribution >= 4 is 17.9 Å². The smallest absolute Gasteiger partial charge is 0.324 e. The third kappa shape index (κ3) is 3.48. The summed E-state index contributed by atoms with van der Waals surface area (Å²) in [5.41, 5.74) is -1.66. The van der Waals surface area contributed by atoms with E-state index in [0.29, 0.717) is 0 Å². The van der Waals surface area contributed by atoms with Gasteiger partial charge in [0.05, 0.1) is 21.3 Å². The molecule has 0 atom stereocenters. The molecule has 0 aromatic carbocycles. The van der Waals surface area contributed by atoms with Crippen molar-refractivity contribution in [2.24, 2.45) is 5.41 Å². The Labute approximate surface area is 106 Å². The highest BCUT2D eigenvalue weighted by Gasteiger charge is 2.48. The van der Waals surface area contributed by atoms with Gasteiger partial charge in [0.2, 0.25) is 0 Å². The zero-order valence-electron chi connectivity index (χ0n) is 10.6. The standard InChI is InChI=1S/C12H16O6/c1-5-7-12(10(14)17-3,11(15)18-4)8-6-9(13)16-2/h1H,6-8H2,2-4H3. The van der Waals surface area contributed by atoms with Gasteiger partial charge in [-0.15, -0.1) is 12.3 Å². The van der Waals surface area contributed by atoms with Crippen LogP contribution < -0.4 is 0 Å². The van der Waals surface area contributed by atoms with Crippen LogP contribution in [0.15, 0.2) is 0 Å². The molecule has 0 N–H and O–H groups in total. The van der Waals surface area contributed by atoms with Crippen LogP contribution in [0.2, 0.25) is 0 Å². The highest BCUT2D eigenvalue weighted by Crippen LogP contribution is 2.31. The van der Waals surface area contributed by atoms with Crippen molar-refractivity contribution in [2.75, 3.05) is 21.3 Å². The third-order valence-electron chi connectivity index (χ3n) is 2.54. The van der Waals surface area contributed by atoms with Crippen molar-refractivity contribution in [3.05, 3.63) is 0 Å². The van der Waals surface area contributed by atoms with Crippen molar-refractivity contribution in [3.8, 4) is 12.3 Å². The number of carbonyl (C=O) groups excluding carboxylic acids is 3. The zero-order chi connectivity index (χ0) is 14.2. The van der Waals surface area contributed by atoms with Crippen molar-refractivity contribution in [1.29, 1.82) is 0 Å². The van der Waals surface area contributed by atoms with E-state index in [-0.39, 0.29) is 19.3 Å². The van der Waals surface area contributed by atoms with Gasteiger partial charge in [0.25, 0.3) is 0 Å². The van der Waals surface area contributed by atoms with Gasteiger partial charge in [-0.05, 0) is 6.42 Å². The second kappa shape index (κ2) is 7.33. The summed E-state index contributed by atoms with van der Waals surface area (Å²) in [6.45, 7) is 0. The molecule has 0 aliphatic carbocycles. The first-order valence-corrected chi connectivity index (χ1v) is 5.15. The number of hydrogen-bond acceptors (Lipinski definition) is 6. The molecule has 0 aliphatic heterocycles. The average Bonchev–Trinajstić information content (AvgIpc) is 2.41. The van der Waals surface area contributed by atoms with Crippen LogP contribution >= 0.6 is 0 Å². The molecule has 0 rings (SSSR count). The van der Waals surface area contributed by atoms with E-state index in [1.165, 1.54) is 7.11 Å². The minimum atomic E-state index is -1.66. The first kappa shape index (κ1) is 16.0. The van der Waals surface area contributed by atoms with Gasteiger partial charge in [0.1, 0.15) is 0 Å². The molecule has 0 saturated carbocycles. The summed E-state index contributed by atoms with van der Waals surface area (Å²) in [4.78, 5) is 34.6. The van der Waals surface area contributed by atoms with Gasteiger partial charge in [0, 0.05) is 12.8 Å². The van der Waals surface area contributed by atoms with E-state index >= 15 is 0 Å². The summed E-state index contributed by atoms with van der Waals surface area (Å²) in [5, 5.41) is 0. The largest absolute Gasteiger partial charge is 0.469 e. The van der Waals surface area contributed by atoms with E-state index in [1.807, 2.05) is 0 Å². The Morgan fingerprint density at radius 1 is 1.06 bits per heavy atom. The molecular weight excluding hydrogens is 240 g/mol. The zero-order valence-corrected chi connectivity index (χ0v) is 10.6. The van der Waals surface area contributed by atoms with Crippen LogP contribution in [-0.2, 0) is 28.6 Å². The maximum absolute atomic E-state index is 11.8. The van der Waals surface area contributed by atoms with E-state index in [2.05, 4.69) is 20.1 Å². The number of terminal acetylenes is 1. The number of carbonyl (C=O) groups is 3. The second-order valence-electron chi connectivity index (χ2n) is 3.52. The fourth-order valence-corrected chi connectivity index (χ4v) is 1.50. The monoisotopic (exact) mass is 256 g/mol. The molecule has 6 heteroatoms. The van der Waals surface area contributed by atoms with Crippen LogP contribution in [0.4, 0.5) is 0 Å². The molecule has 0 radical (unpaired) electrons. The maximum Gasteiger partial charge on any atom is 0.324 e. The third-order valence-corrected chi connectivity index (χ3v) is 2.54. The summed E-state index contributed by atoms with van der Waals surface area (Å²) < 4.78 is 13.6. The second-order valence-corrected chi connectivity index (χ2v) is 3.52. The average molecular weight is 256 g/mol. The minimum Gasteiger partial charge on any atom is -0.469 e. The molecule has 0 unspecified atom stereocenters. The van der Waals surface area contributed by atoms with Crippen molar-refractivity contribution in [1.82, 2.24) is 0 Å². The molecule has 0 amide bonds. The van der Waals surface area contributed by atoms with E-state index in [0.717, 1.165) is 14.2 Å². The molecule has 0 fully saturated rings. The molecule has 0 saturated heterocycles. The molecule has 6 nitrogen and oxygen atoms in total. The molecular formula is C12H16O6. The highest BCUT2D eigenvalue weighted by molar-refractivity contribution is 6.00. The van der Waals surface area contributed by atoms with Gasteiger partial charge in [-0.25, -0.2) is 0 Å². The van der Waals surface area contributed by atoms with Gasteiger partial charge in [-0.1, -0.05) is 0 Å². The normalized spacial score (nSPS) is 10.1. The van der Waals surface area contributed by atoms with Crippen LogP contribution in [0, 0.1) is 17.8 Å². The maximum atomic E-state index is 11.8. The Morgan fingerprint density at radius 3 is 1.89 bits per heavy atom. The van der Waals surface area contributed by atoms with Crippen LogP contribution in [0.3, 0.4) is 0 Å². The predicted octanol–water partition coefficient (Wildman–Crippen LogP) is 0.295. The molecule has 0 bridgehead atoms. The highest BCUT2D eigenvalue weighted by atomic mass is 16.5. The first-order valence-electron chi connectivity index (χ1n) is 5.15. The van der Waals surface area contributed by atoms with E-state index in [1.54, 1.807) is 0 Å². The SMILES string of the molecule is C#CCC(CCC(=O)OC)(C(=O)OC)C(=O)OC. The molecule has 0 aliphatic rings. The van der Waals surface area contributed by atoms with E-state index in [9.17, 15) is 14.4 Å². The lowest BCUT2D eigenvalue weighted by molar-refractivity contribution is -0.169. The Bertz CT molecular complexity index is 349. The number of ether oxygens (including phenoxy) is 3. The molecule has 0 spiro atoms. The lowest BCUT2D eigenvalue weighted by Gasteiger charge is -2.25. The van der Waals surface area contributed by atoms with Crippen molar-refractivity contribution < 1.29 is 28.6 Å². The lowest BCUT2D eigenvalue weighted by atomic mass is 9.80. The number of rotatable bonds is 6. The summed E-state index contributed by atoms with van der Waals surface area (Å²) in [7, 11) is 3.48. The number of esters is 3. The topological polar surface area (TPSA) is 78.9 Å². The van der Waals surface area contributed by atoms with Crippen LogP contribution in [-0.4, -0.2) is 39.2 Å². The Morgan fingerprint density at radius 2 is 1.56 bits per heavy atom. The first-order chi connectivity index (χ1) is 8.48. The molecule has 100 valence electrons. The summed E-state index contributed by atoms with van der Waals surface area (Å²) in [6, 6.07) is 0. The molecule has 0 aromatic rings. The van der Waals surface area contributed by atoms with Gasteiger partial charge in [-0.2, -0.15) is 0 Å².